The molecule has 0 aliphatic rings. The second-order valence-electron chi connectivity index (χ2n) is 7.04. The number of carbonyl (C=O) groups is 1. The van der Waals surface area contributed by atoms with Gasteiger partial charge < -0.3 is 15.0 Å². The number of nitrogens with one attached hydrogen (secondary N) is 1. The summed E-state index contributed by atoms with van der Waals surface area (Å²) in [5, 5.41) is 3.01. The molecule has 0 bridgehead atoms. The van der Waals surface area contributed by atoms with E-state index in [0.29, 0.717) is 5.56 Å². The second-order valence-corrected chi connectivity index (χ2v) is 7.04. The predicted octanol–water partition coefficient (Wildman–Crippen LogP) is 4.50. The van der Waals surface area contributed by atoms with Crippen molar-refractivity contribution in [2.24, 2.45) is 0 Å². The van der Waals surface area contributed by atoms with Gasteiger partial charge in [-0.05, 0) is 54.8 Å². The Morgan fingerprint density at radius 3 is 2.59 bits per heavy atom. The maximum Gasteiger partial charge on any atom is 0.253 e. The first-order valence-electron chi connectivity index (χ1n) is 9.66. The van der Waals surface area contributed by atoms with Gasteiger partial charge in [-0.25, -0.2) is 4.98 Å². The van der Waals surface area contributed by atoms with E-state index in [2.05, 4.69) is 17.2 Å². The lowest BCUT2D eigenvalue weighted by atomic mass is 10.0. The molecular weight excluding hydrogens is 362 g/mol. The molecule has 1 N–H and O–H groups in total. The molecule has 0 saturated carbocycles. The molecule has 0 aliphatic carbocycles. The predicted molar refractivity (Wildman–Crippen MR) is 117 cm³/mol. The first kappa shape index (κ1) is 20.4. The Balaban J connectivity index is 1.76. The Kier molecular flexibility index (Phi) is 6.50. The molecular formula is C24H27N3O2. The van der Waals surface area contributed by atoms with Gasteiger partial charge >= 0.3 is 0 Å². The van der Waals surface area contributed by atoms with Crippen molar-refractivity contribution in [3.63, 3.8) is 0 Å². The van der Waals surface area contributed by atoms with Gasteiger partial charge in [-0.3, -0.25) is 4.79 Å². The van der Waals surface area contributed by atoms with E-state index in [1.54, 1.807) is 12.0 Å². The number of benzene rings is 2. The molecule has 5 nitrogen and oxygen atoms in total. The molecule has 0 spiro atoms. The van der Waals surface area contributed by atoms with Crippen LogP contribution in [-0.2, 0) is 6.42 Å². The molecule has 1 amide bonds. The third-order valence-corrected chi connectivity index (χ3v) is 5.15. The van der Waals surface area contributed by atoms with E-state index in [1.807, 2.05) is 81.0 Å². The number of aromatic nitrogens is 1. The van der Waals surface area contributed by atoms with Crippen LogP contribution in [0.15, 0.2) is 66.9 Å². The van der Waals surface area contributed by atoms with Crippen molar-refractivity contribution >= 4 is 11.7 Å². The van der Waals surface area contributed by atoms with E-state index in [4.69, 9.17) is 4.74 Å². The number of likely N-dealkylation sites (N-methyl/N-ethyl adjacent to an activating group) is 1. The van der Waals surface area contributed by atoms with Gasteiger partial charge in [-0.1, -0.05) is 30.3 Å². The highest BCUT2D eigenvalue weighted by atomic mass is 16.5. The molecule has 1 unspecified atom stereocenters. The summed E-state index contributed by atoms with van der Waals surface area (Å²) in [4.78, 5) is 19.2. The first-order valence-corrected chi connectivity index (χ1v) is 9.66. The van der Waals surface area contributed by atoms with Crippen molar-refractivity contribution in [2.75, 3.05) is 26.5 Å². The van der Waals surface area contributed by atoms with Crippen molar-refractivity contribution in [1.82, 2.24) is 9.88 Å². The summed E-state index contributed by atoms with van der Waals surface area (Å²) in [6.07, 6.45) is 2.53. The van der Waals surface area contributed by atoms with E-state index in [1.165, 1.54) is 0 Å². The number of para-hydroxylation sites is 1. The minimum atomic E-state index is -0.00551. The molecule has 3 aromatic rings. The number of rotatable bonds is 7. The van der Waals surface area contributed by atoms with Gasteiger partial charge in [0.2, 0.25) is 0 Å². The van der Waals surface area contributed by atoms with E-state index in [-0.39, 0.29) is 11.9 Å². The Morgan fingerprint density at radius 1 is 1.10 bits per heavy atom. The summed E-state index contributed by atoms with van der Waals surface area (Å²) in [5.41, 5.74) is 3.70. The number of hydrogen-bond acceptors (Lipinski definition) is 4. The SMILES string of the molecule is CNc1ccc(-c2cccc(C(=O)N(C)C(C)Cc3ccccc3OC)c2)cn1. The summed E-state index contributed by atoms with van der Waals surface area (Å²) < 4.78 is 5.44. The molecule has 5 heteroatoms. The lowest BCUT2D eigenvalue weighted by Gasteiger charge is -2.26. The Morgan fingerprint density at radius 2 is 1.90 bits per heavy atom. The fraction of sp³-hybridized carbons (Fsp3) is 0.250. The molecule has 0 aliphatic heterocycles. The highest BCUT2D eigenvalue weighted by molar-refractivity contribution is 5.95. The van der Waals surface area contributed by atoms with Crippen LogP contribution >= 0.6 is 0 Å². The summed E-state index contributed by atoms with van der Waals surface area (Å²) in [6, 6.07) is 19.5. The van der Waals surface area contributed by atoms with Crippen molar-refractivity contribution in [2.45, 2.75) is 19.4 Å². The lowest BCUT2D eigenvalue weighted by molar-refractivity contribution is 0.0743. The van der Waals surface area contributed by atoms with Crippen LogP contribution < -0.4 is 10.1 Å². The largest absolute Gasteiger partial charge is 0.496 e. The normalized spacial score (nSPS) is 11.6. The Labute approximate surface area is 172 Å². The van der Waals surface area contributed by atoms with Crippen molar-refractivity contribution < 1.29 is 9.53 Å². The highest BCUT2D eigenvalue weighted by Gasteiger charge is 2.19. The van der Waals surface area contributed by atoms with Crippen molar-refractivity contribution in [3.8, 4) is 16.9 Å². The molecule has 2 aromatic carbocycles. The fourth-order valence-corrected chi connectivity index (χ4v) is 3.27. The minimum Gasteiger partial charge on any atom is -0.496 e. The van der Waals surface area contributed by atoms with Crippen molar-refractivity contribution in [1.29, 1.82) is 0 Å². The summed E-state index contributed by atoms with van der Waals surface area (Å²) in [5.74, 6) is 1.65. The number of amides is 1. The molecule has 3 rings (SSSR count). The standard InChI is InChI=1S/C24H27N3O2/c1-17(14-19-8-5-6-11-22(19)29-4)27(3)24(28)20-10-7-9-18(15-20)21-12-13-23(25-2)26-16-21/h5-13,15-17H,14H2,1-4H3,(H,25,26). The third-order valence-electron chi connectivity index (χ3n) is 5.15. The Bertz CT molecular complexity index is 970. The quantitative estimate of drug-likeness (QED) is 0.646. The highest BCUT2D eigenvalue weighted by Crippen LogP contribution is 2.23. The van der Waals surface area contributed by atoms with Crippen LogP contribution in [-0.4, -0.2) is 43.0 Å². The number of ether oxygens (including phenoxy) is 1. The number of methoxy groups -OCH3 is 1. The molecule has 1 atom stereocenters. The molecule has 0 radical (unpaired) electrons. The molecule has 29 heavy (non-hydrogen) atoms. The van der Waals surface area contributed by atoms with Gasteiger partial charge in [0.1, 0.15) is 11.6 Å². The number of carbonyl (C=O) groups excluding carboxylic acids is 1. The molecule has 0 saturated heterocycles. The topological polar surface area (TPSA) is 54.5 Å². The minimum absolute atomic E-state index is 0.00551. The summed E-state index contributed by atoms with van der Waals surface area (Å²) in [6.45, 7) is 2.05. The lowest BCUT2D eigenvalue weighted by Crippen LogP contribution is -2.36. The third kappa shape index (κ3) is 4.74. The van der Waals surface area contributed by atoms with Gasteiger partial charge in [-0.2, -0.15) is 0 Å². The van der Waals surface area contributed by atoms with Gasteiger partial charge in [0.25, 0.3) is 5.91 Å². The summed E-state index contributed by atoms with van der Waals surface area (Å²) in [7, 11) is 5.35. The molecule has 1 aromatic heterocycles. The number of anilines is 1. The summed E-state index contributed by atoms with van der Waals surface area (Å²) >= 11 is 0. The van der Waals surface area contributed by atoms with Gasteiger partial charge in [0.15, 0.2) is 0 Å². The van der Waals surface area contributed by atoms with Crippen LogP contribution in [0.3, 0.4) is 0 Å². The smallest absolute Gasteiger partial charge is 0.253 e. The van der Waals surface area contributed by atoms with Crippen LogP contribution in [0, 0.1) is 0 Å². The second kappa shape index (κ2) is 9.24. The Hall–Kier alpha value is -3.34. The zero-order valence-electron chi connectivity index (χ0n) is 17.3. The maximum atomic E-state index is 13.1. The molecule has 1 heterocycles. The number of hydrogen-bond donors (Lipinski definition) is 1. The van der Waals surface area contributed by atoms with Crippen LogP contribution in [0.25, 0.3) is 11.1 Å². The van der Waals surface area contributed by atoms with Gasteiger partial charge in [-0.15, -0.1) is 0 Å². The van der Waals surface area contributed by atoms with Gasteiger partial charge in [0, 0.05) is 37.5 Å². The van der Waals surface area contributed by atoms with Crippen LogP contribution in [0.1, 0.15) is 22.8 Å². The maximum absolute atomic E-state index is 13.1. The average molecular weight is 389 g/mol. The van der Waals surface area contributed by atoms with E-state index in [9.17, 15) is 4.79 Å². The van der Waals surface area contributed by atoms with E-state index >= 15 is 0 Å². The number of pyridine rings is 1. The fourth-order valence-electron chi connectivity index (χ4n) is 3.27. The first-order chi connectivity index (χ1) is 14.0. The molecule has 0 fully saturated rings. The van der Waals surface area contributed by atoms with E-state index < -0.39 is 0 Å². The van der Waals surface area contributed by atoms with Crippen molar-refractivity contribution in [3.05, 3.63) is 78.0 Å². The zero-order valence-corrected chi connectivity index (χ0v) is 17.3. The number of nitrogens with zero attached hydrogens (tertiary/aromatic N) is 2. The monoisotopic (exact) mass is 389 g/mol. The van der Waals surface area contributed by atoms with Crippen LogP contribution in [0.4, 0.5) is 5.82 Å². The van der Waals surface area contributed by atoms with Crippen LogP contribution in [0.2, 0.25) is 0 Å². The zero-order chi connectivity index (χ0) is 20.8. The van der Waals surface area contributed by atoms with Crippen LogP contribution in [0.5, 0.6) is 5.75 Å². The van der Waals surface area contributed by atoms with Gasteiger partial charge in [0.05, 0.1) is 7.11 Å². The van der Waals surface area contributed by atoms with E-state index in [0.717, 1.165) is 34.7 Å². The molecule has 150 valence electrons. The average Bonchev–Trinajstić information content (AvgIpc) is 2.78.